The number of hydrogen-bond donors (Lipinski definition) is 0. The van der Waals surface area contributed by atoms with Gasteiger partial charge in [0.15, 0.2) is 0 Å². The monoisotopic (exact) mass is 398 g/mol. The van der Waals surface area contributed by atoms with Crippen LogP contribution in [0.2, 0.25) is 0 Å². The van der Waals surface area contributed by atoms with Crippen molar-refractivity contribution in [3.8, 4) is 0 Å². The van der Waals surface area contributed by atoms with Crippen LogP contribution in [0.5, 0.6) is 0 Å². The lowest BCUT2D eigenvalue weighted by atomic mass is 9.78. The zero-order valence-electron chi connectivity index (χ0n) is 18.3. The summed E-state index contributed by atoms with van der Waals surface area (Å²) in [5, 5.41) is 0. The van der Waals surface area contributed by atoms with E-state index in [-0.39, 0.29) is 18.0 Å². The highest BCUT2D eigenvalue weighted by atomic mass is 16.5. The largest absolute Gasteiger partial charge is 0.462 e. The lowest BCUT2D eigenvalue weighted by Gasteiger charge is -2.31. The number of allylic oxidation sites excluding steroid dienone is 2. The maximum Gasteiger partial charge on any atom is 0.309 e. The Morgan fingerprint density at radius 3 is 2.31 bits per heavy atom. The molecule has 2 fully saturated rings. The average molecular weight is 399 g/mol. The summed E-state index contributed by atoms with van der Waals surface area (Å²) < 4.78 is 11.5. The molecule has 0 spiro atoms. The van der Waals surface area contributed by atoms with E-state index in [9.17, 15) is 4.79 Å². The summed E-state index contributed by atoms with van der Waals surface area (Å²) >= 11 is 0. The summed E-state index contributed by atoms with van der Waals surface area (Å²) in [6, 6.07) is 8.87. The molecular weight excluding hydrogens is 360 g/mol. The van der Waals surface area contributed by atoms with Crippen LogP contribution in [0.4, 0.5) is 0 Å². The predicted octanol–water partition coefficient (Wildman–Crippen LogP) is 6.57. The van der Waals surface area contributed by atoms with Gasteiger partial charge in [0.05, 0.1) is 12.5 Å². The zero-order chi connectivity index (χ0) is 20.5. The molecule has 0 saturated heterocycles. The Balaban J connectivity index is 1.40. The molecule has 0 amide bonds. The van der Waals surface area contributed by atoms with Gasteiger partial charge in [-0.1, -0.05) is 43.3 Å². The minimum absolute atomic E-state index is 0.0568. The standard InChI is InChI=1S/C26H38O3/c1-3-5-20-8-16-25(17-9-20)29-26(27)24-14-12-23(13-15-24)22-10-6-21(7-11-22)19-28-18-4-2/h3,5-7,10-11,20,23-25H,4,8-9,12-19H2,1-2H3/t20-,23-,24-,25-. The SMILES string of the molecule is CC=C[C@H]1CC[C@H](OC(=O)[C@H]2CC[C@H](c3ccc(COCCC)cc3)CC2)CC1. The summed E-state index contributed by atoms with van der Waals surface area (Å²) in [4.78, 5) is 12.6. The highest BCUT2D eigenvalue weighted by molar-refractivity contribution is 5.72. The molecule has 29 heavy (non-hydrogen) atoms. The maximum absolute atomic E-state index is 12.6. The quantitative estimate of drug-likeness (QED) is 0.282. The molecule has 2 aliphatic rings. The molecule has 2 aliphatic carbocycles. The Morgan fingerprint density at radius 1 is 1.00 bits per heavy atom. The molecule has 0 aliphatic heterocycles. The molecule has 0 bridgehead atoms. The number of benzene rings is 1. The molecule has 0 aromatic heterocycles. The number of rotatable bonds is 8. The number of hydrogen-bond acceptors (Lipinski definition) is 3. The first kappa shape index (κ1) is 22.1. The second kappa shape index (κ2) is 11.5. The molecule has 0 unspecified atom stereocenters. The van der Waals surface area contributed by atoms with Crippen LogP contribution in [0, 0.1) is 11.8 Å². The fourth-order valence-electron chi connectivity index (χ4n) is 4.81. The van der Waals surface area contributed by atoms with Gasteiger partial charge < -0.3 is 9.47 Å². The molecule has 1 aromatic carbocycles. The number of carbonyl (C=O) groups excluding carboxylic acids is 1. The summed E-state index contributed by atoms with van der Waals surface area (Å²) in [5.41, 5.74) is 2.64. The lowest BCUT2D eigenvalue weighted by Crippen LogP contribution is -2.29. The number of carbonyl (C=O) groups is 1. The van der Waals surface area contributed by atoms with Crippen molar-refractivity contribution >= 4 is 5.97 Å². The average Bonchev–Trinajstić information content (AvgIpc) is 2.76. The maximum atomic E-state index is 12.6. The van der Waals surface area contributed by atoms with Crippen molar-refractivity contribution in [1.82, 2.24) is 0 Å². The molecule has 0 radical (unpaired) electrons. The Bertz CT molecular complexity index is 632. The van der Waals surface area contributed by atoms with Crippen molar-refractivity contribution in [1.29, 1.82) is 0 Å². The van der Waals surface area contributed by atoms with Gasteiger partial charge in [0.2, 0.25) is 0 Å². The van der Waals surface area contributed by atoms with E-state index >= 15 is 0 Å². The van der Waals surface area contributed by atoms with Gasteiger partial charge in [-0.25, -0.2) is 0 Å². The van der Waals surface area contributed by atoms with Crippen molar-refractivity contribution in [3.63, 3.8) is 0 Å². The van der Waals surface area contributed by atoms with E-state index < -0.39 is 0 Å². The van der Waals surface area contributed by atoms with Crippen LogP contribution in [0.25, 0.3) is 0 Å². The summed E-state index contributed by atoms with van der Waals surface area (Å²) in [6.45, 7) is 5.73. The van der Waals surface area contributed by atoms with Crippen LogP contribution >= 0.6 is 0 Å². The van der Waals surface area contributed by atoms with E-state index in [1.165, 1.54) is 11.1 Å². The van der Waals surface area contributed by atoms with Gasteiger partial charge in [0.25, 0.3) is 0 Å². The first-order valence-corrected chi connectivity index (χ1v) is 11.7. The molecule has 0 heterocycles. The second-order valence-corrected chi connectivity index (χ2v) is 8.84. The third-order valence-electron chi connectivity index (χ3n) is 6.60. The minimum atomic E-state index is 0.0568. The van der Waals surface area contributed by atoms with Crippen molar-refractivity contribution in [2.24, 2.45) is 11.8 Å². The van der Waals surface area contributed by atoms with E-state index in [1.807, 2.05) is 0 Å². The molecular formula is C26H38O3. The minimum Gasteiger partial charge on any atom is -0.462 e. The zero-order valence-corrected chi connectivity index (χ0v) is 18.3. The Morgan fingerprint density at radius 2 is 1.69 bits per heavy atom. The van der Waals surface area contributed by atoms with E-state index in [0.29, 0.717) is 18.4 Å². The van der Waals surface area contributed by atoms with Crippen LogP contribution in [0.15, 0.2) is 36.4 Å². The summed E-state index contributed by atoms with van der Waals surface area (Å²) in [7, 11) is 0. The van der Waals surface area contributed by atoms with Crippen molar-refractivity contribution < 1.29 is 14.3 Å². The molecule has 3 nitrogen and oxygen atoms in total. The van der Waals surface area contributed by atoms with Crippen LogP contribution in [0.3, 0.4) is 0 Å². The Hall–Kier alpha value is -1.61. The first-order chi connectivity index (χ1) is 14.2. The predicted molar refractivity (Wildman–Crippen MR) is 118 cm³/mol. The van der Waals surface area contributed by atoms with Gasteiger partial charge in [-0.3, -0.25) is 4.79 Å². The second-order valence-electron chi connectivity index (χ2n) is 8.84. The third-order valence-corrected chi connectivity index (χ3v) is 6.60. The highest BCUT2D eigenvalue weighted by Gasteiger charge is 2.30. The van der Waals surface area contributed by atoms with Gasteiger partial charge in [0, 0.05) is 6.61 Å². The topological polar surface area (TPSA) is 35.5 Å². The first-order valence-electron chi connectivity index (χ1n) is 11.7. The van der Waals surface area contributed by atoms with Crippen LogP contribution in [0.1, 0.15) is 88.7 Å². The molecule has 0 N–H and O–H groups in total. The fraction of sp³-hybridized carbons (Fsp3) is 0.654. The van der Waals surface area contributed by atoms with Crippen molar-refractivity contribution in [3.05, 3.63) is 47.5 Å². The van der Waals surface area contributed by atoms with Crippen molar-refractivity contribution in [2.45, 2.75) is 90.3 Å². The van der Waals surface area contributed by atoms with Crippen LogP contribution in [-0.4, -0.2) is 18.7 Å². The molecule has 2 saturated carbocycles. The Kier molecular flexibility index (Phi) is 8.79. The molecule has 1 aromatic rings. The molecule has 3 rings (SSSR count). The smallest absolute Gasteiger partial charge is 0.309 e. The highest BCUT2D eigenvalue weighted by Crippen LogP contribution is 2.37. The van der Waals surface area contributed by atoms with Gasteiger partial charge >= 0.3 is 5.97 Å². The Labute approximate surface area is 176 Å². The van der Waals surface area contributed by atoms with Crippen LogP contribution < -0.4 is 0 Å². The van der Waals surface area contributed by atoms with E-state index in [1.54, 1.807) is 0 Å². The van der Waals surface area contributed by atoms with Gasteiger partial charge in [-0.2, -0.15) is 0 Å². The normalized spacial score (nSPS) is 27.8. The number of esters is 1. The fourth-order valence-corrected chi connectivity index (χ4v) is 4.81. The van der Waals surface area contributed by atoms with Gasteiger partial charge in [-0.15, -0.1) is 0 Å². The lowest BCUT2D eigenvalue weighted by molar-refractivity contribution is -0.157. The molecule has 3 heteroatoms. The molecule has 160 valence electrons. The van der Waals surface area contributed by atoms with Crippen molar-refractivity contribution in [2.75, 3.05) is 6.61 Å². The molecule has 0 atom stereocenters. The van der Waals surface area contributed by atoms with Gasteiger partial charge in [0.1, 0.15) is 6.10 Å². The summed E-state index contributed by atoms with van der Waals surface area (Å²) in [6.07, 6.45) is 14.0. The van der Waals surface area contributed by atoms with E-state index in [0.717, 1.165) is 64.4 Å². The van der Waals surface area contributed by atoms with E-state index in [2.05, 4.69) is 50.3 Å². The number of ether oxygens (including phenoxy) is 2. The summed E-state index contributed by atoms with van der Waals surface area (Å²) in [5.74, 6) is 1.40. The van der Waals surface area contributed by atoms with Gasteiger partial charge in [-0.05, 0) is 87.7 Å². The van der Waals surface area contributed by atoms with Crippen LogP contribution in [-0.2, 0) is 20.9 Å². The van der Waals surface area contributed by atoms with E-state index in [4.69, 9.17) is 9.47 Å². The third kappa shape index (κ3) is 6.70.